The van der Waals surface area contributed by atoms with Crippen LogP contribution in [-0.4, -0.2) is 89.8 Å². The van der Waals surface area contributed by atoms with Crippen LogP contribution in [0.3, 0.4) is 0 Å². The Balaban J connectivity index is 1.10. The number of nitrogens with one attached hydrogen (secondary N) is 5. The number of carbonyl (C=O) groups is 5. The molecule has 2 aliphatic heterocycles. The second-order valence-corrected chi connectivity index (χ2v) is 19.3. The van der Waals surface area contributed by atoms with Crippen molar-refractivity contribution in [2.45, 2.75) is 123 Å². The van der Waals surface area contributed by atoms with Gasteiger partial charge in [-0.1, -0.05) is 35.6 Å². The van der Waals surface area contributed by atoms with Crippen LogP contribution in [-0.2, 0) is 25.5 Å². The zero-order chi connectivity index (χ0) is 47.1. The first-order chi connectivity index (χ1) is 30.7. The number of hydrogen-bond donors (Lipinski definition) is 5. The molecule has 5 N–H and O–H groups in total. The first-order valence-electron chi connectivity index (χ1n) is 22.5. The van der Waals surface area contributed by atoms with E-state index in [4.69, 9.17) is 9.47 Å². The monoisotopic (exact) mass is 897 g/mol. The molecule has 5 amide bonds. The van der Waals surface area contributed by atoms with Gasteiger partial charge in [-0.3, -0.25) is 14.4 Å². The molecule has 1 saturated carbocycles. The summed E-state index contributed by atoms with van der Waals surface area (Å²) in [4.78, 5) is 67.4. The maximum atomic E-state index is 16.1. The van der Waals surface area contributed by atoms with Crippen LogP contribution in [0.5, 0.6) is 0 Å². The van der Waals surface area contributed by atoms with Crippen molar-refractivity contribution >= 4 is 35.6 Å². The normalized spacial score (nSPS) is 19.7. The standard InChI is InChI=1S/C48H64FN9O7/c1-29-25-34(43(60)51-36-21-23-58(24-22-36)46(63)65-48(5,6)7)16-20-37(29)38-19-11-31(26-39(38)49)27-40(44(61)52-35-17-14-32(15-18-35)41-54-55-56-57(41)8)53-42(59)33-12-9-30(10-13-33)28-50-45(62)64-47(2,3)4/h11,14-20,25-26,30,33,36,40-41H,9-10,12-13,21-24,27-28H2,1-8H3,(H,50,62)(H,51,60)(H,52,61)(H,53,59)(H,54,56). The number of piperidine rings is 1. The molecule has 0 bridgehead atoms. The molecule has 1 aliphatic carbocycles. The molecule has 0 radical (unpaired) electrons. The Kier molecular flexibility index (Phi) is 15.5. The van der Waals surface area contributed by atoms with Gasteiger partial charge in [-0.25, -0.2) is 19.5 Å². The number of carbonyl (C=O) groups excluding carboxylic acids is 5. The number of anilines is 1. The van der Waals surface area contributed by atoms with Gasteiger partial charge in [0.2, 0.25) is 11.8 Å². The van der Waals surface area contributed by atoms with E-state index in [0.29, 0.717) is 78.8 Å². The summed E-state index contributed by atoms with van der Waals surface area (Å²) >= 11 is 0. The number of nitrogens with zero attached hydrogens (tertiary/aromatic N) is 4. The summed E-state index contributed by atoms with van der Waals surface area (Å²) in [6, 6.07) is 15.9. The number of alkyl carbamates (subject to hydrolysis) is 1. The molecule has 2 unspecified atom stereocenters. The van der Waals surface area contributed by atoms with Gasteiger partial charge in [0, 0.05) is 61.9 Å². The highest BCUT2D eigenvalue weighted by Gasteiger charge is 2.32. The highest BCUT2D eigenvalue weighted by molar-refractivity contribution is 5.98. The molecular weight excluding hydrogens is 834 g/mol. The molecule has 2 fully saturated rings. The third-order valence-electron chi connectivity index (χ3n) is 11.7. The molecule has 0 aromatic heterocycles. The summed E-state index contributed by atoms with van der Waals surface area (Å²) < 4.78 is 26.9. The minimum Gasteiger partial charge on any atom is -0.444 e. The Hall–Kier alpha value is -6.10. The van der Waals surface area contributed by atoms with Crippen LogP contribution in [0, 0.1) is 24.6 Å². The number of aryl methyl sites for hydroxylation is 1. The summed E-state index contributed by atoms with van der Waals surface area (Å²) in [7, 11) is 1.82. The van der Waals surface area contributed by atoms with Crippen LogP contribution >= 0.6 is 0 Å². The van der Waals surface area contributed by atoms with Gasteiger partial charge >= 0.3 is 12.2 Å². The molecule has 65 heavy (non-hydrogen) atoms. The Morgan fingerprint density at radius 2 is 1.51 bits per heavy atom. The van der Waals surface area contributed by atoms with Crippen molar-refractivity contribution < 1.29 is 37.8 Å². The lowest BCUT2D eigenvalue weighted by Crippen LogP contribution is -2.48. The predicted molar refractivity (Wildman–Crippen MR) is 244 cm³/mol. The number of hydrogen-bond acceptors (Lipinski definition) is 11. The van der Waals surface area contributed by atoms with E-state index in [0.717, 1.165) is 18.4 Å². The van der Waals surface area contributed by atoms with Crippen LogP contribution in [0.4, 0.5) is 19.7 Å². The number of ether oxygens (including phenoxy) is 2. The molecular formula is C48H64FN9O7. The third kappa shape index (κ3) is 13.7. The molecule has 1 saturated heterocycles. The van der Waals surface area contributed by atoms with Gasteiger partial charge in [-0.2, -0.15) is 5.01 Å². The fourth-order valence-corrected chi connectivity index (χ4v) is 8.26. The van der Waals surface area contributed by atoms with E-state index < -0.39 is 35.1 Å². The quantitative estimate of drug-likeness (QED) is 0.121. The number of hydrazine groups is 1. The first kappa shape index (κ1) is 48.4. The molecule has 3 aromatic carbocycles. The van der Waals surface area contributed by atoms with E-state index in [2.05, 4.69) is 37.1 Å². The van der Waals surface area contributed by atoms with Gasteiger partial charge in [-0.05, 0) is 145 Å². The minimum atomic E-state index is -1.03. The lowest BCUT2D eigenvalue weighted by Gasteiger charge is -2.33. The molecule has 3 aromatic rings. The van der Waals surface area contributed by atoms with Crippen LogP contribution in [0.15, 0.2) is 71.0 Å². The largest absolute Gasteiger partial charge is 0.444 e. The average molecular weight is 898 g/mol. The third-order valence-corrected chi connectivity index (χ3v) is 11.7. The number of rotatable bonds is 12. The van der Waals surface area contributed by atoms with Crippen molar-refractivity contribution in [2.24, 2.45) is 22.2 Å². The minimum absolute atomic E-state index is 0.0235. The number of amides is 5. The highest BCUT2D eigenvalue weighted by Crippen LogP contribution is 2.31. The fraction of sp³-hybridized carbons (Fsp3) is 0.521. The smallest absolute Gasteiger partial charge is 0.410 e. The van der Waals surface area contributed by atoms with Crippen molar-refractivity contribution in [1.29, 1.82) is 0 Å². The van der Waals surface area contributed by atoms with Crippen molar-refractivity contribution in [3.63, 3.8) is 0 Å². The maximum Gasteiger partial charge on any atom is 0.410 e. The summed E-state index contributed by atoms with van der Waals surface area (Å²) in [6.07, 6.45) is 2.68. The number of benzene rings is 3. The summed E-state index contributed by atoms with van der Waals surface area (Å²) in [5.41, 5.74) is 5.55. The van der Waals surface area contributed by atoms with E-state index in [1.165, 1.54) is 6.07 Å². The molecule has 350 valence electrons. The SMILES string of the molecule is Cc1cc(C(=O)NC2CCN(C(=O)OC(C)(C)C)CC2)ccc1-c1ccc(CC(NC(=O)C2CCC(CNC(=O)OC(C)(C)C)CC2)C(=O)Nc2ccc(C3N=NNN3C)cc2)cc1F. The van der Waals surface area contributed by atoms with Crippen LogP contribution in [0.1, 0.15) is 113 Å². The molecule has 2 heterocycles. The number of halogens is 1. The first-order valence-corrected chi connectivity index (χ1v) is 22.5. The lowest BCUT2D eigenvalue weighted by atomic mass is 9.81. The zero-order valence-electron chi connectivity index (χ0n) is 38.8. The molecule has 3 aliphatic rings. The summed E-state index contributed by atoms with van der Waals surface area (Å²) in [5, 5.41) is 21.6. The number of likely N-dealkylation sites (tertiary alicyclic amines) is 1. The summed E-state index contributed by atoms with van der Waals surface area (Å²) in [5.74, 6) is -1.62. The maximum absolute atomic E-state index is 16.1. The van der Waals surface area contributed by atoms with Gasteiger partial charge in [0.1, 0.15) is 23.1 Å². The van der Waals surface area contributed by atoms with Crippen molar-refractivity contribution in [3.05, 3.63) is 88.7 Å². The molecule has 2 atom stereocenters. The van der Waals surface area contributed by atoms with E-state index in [1.807, 2.05) is 67.6 Å². The Morgan fingerprint density at radius 1 is 0.846 bits per heavy atom. The van der Waals surface area contributed by atoms with E-state index in [-0.39, 0.29) is 48.4 Å². The van der Waals surface area contributed by atoms with Gasteiger partial charge in [0.15, 0.2) is 6.17 Å². The molecule has 17 heteroatoms. The summed E-state index contributed by atoms with van der Waals surface area (Å²) in [6.45, 7) is 14.1. The second-order valence-electron chi connectivity index (χ2n) is 19.3. The van der Waals surface area contributed by atoms with Crippen molar-refractivity contribution in [3.8, 4) is 11.1 Å². The van der Waals surface area contributed by atoms with Crippen LogP contribution < -0.4 is 26.8 Å². The van der Waals surface area contributed by atoms with Crippen molar-refractivity contribution in [2.75, 3.05) is 32.0 Å². The van der Waals surface area contributed by atoms with E-state index in [9.17, 15) is 24.0 Å². The van der Waals surface area contributed by atoms with Gasteiger partial charge in [-0.15, -0.1) is 5.11 Å². The van der Waals surface area contributed by atoms with Crippen LogP contribution in [0.25, 0.3) is 11.1 Å². The Morgan fingerprint density at radius 3 is 2.11 bits per heavy atom. The van der Waals surface area contributed by atoms with Gasteiger partial charge in [0.05, 0.1) is 0 Å². The highest BCUT2D eigenvalue weighted by atomic mass is 19.1. The van der Waals surface area contributed by atoms with E-state index in [1.54, 1.807) is 52.4 Å². The second kappa shape index (κ2) is 20.8. The molecule has 16 nitrogen and oxygen atoms in total. The van der Waals surface area contributed by atoms with Gasteiger partial charge in [0.25, 0.3) is 5.91 Å². The fourth-order valence-electron chi connectivity index (χ4n) is 8.26. The topological polar surface area (TPSA) is 195 Å². The molecule has 6 rings (SSSR count). The van der Waals surface area contributed by atoms with Gasteiger partial charge < -0.3 is 35.6 Å². The van der Waals surface area contributed by atoms with E-state index >= 15 is 4.39 Å². The Labute approximate surface area is 380 Å². The van der Waals surface area contributed by atoms with Crippen molar-refractivity contribution in [1.82, 2.24) is 31.4 Å². The molecule has 0 spiro atoms. The average Bonchev–Trinajstić information content (AvgIpc) is 3.67. The predicted octanol–water partition coefficient (Wildman–Crippen LogP) is 7.74. The Bertz CT molecular complexity index is 2220. The zero-order valence-corrected chi connectivity index (χ0v) is 38.8. The van der Waals surface area contributed by atoms with Crippen LogP contribution in [0.2, 0.25) is 0 Å². The lowest BCUT2D eigenvalue weighted by molar-refractivity contribution is -0.130.